The van der Waals surface area contributed by atoms with Crippen LogP contribution in [0.3, 0.4) is 0 Å². The van der Waals surface area contributed by atoms with E-state index >= 15 is 0 Å². The highest BCUT2D eigenvalue weighted by atomic mass is 32.1. The first-order valence-corrected chi connectivity index (χ1v) is 8.74. The van der Waals surface area contributed by atoms with E-state index in [-0.39, 0.29) is 24.3 Å². The van der Waals surface area contributed by atoms with Crippen LogP contribution < -0.4 is 27.4 Å². The summed E-state index contributed by atoms with van der Waals surface area (Å²) in [6.45, 7) is -0.429. The molecule has 0 aliphatic carbocycles. The highest BCUT2D eigenvalue weighted by Crippen LogP contribution is 1.99. The SMILES string of the molecule is NC(=O)CC[C@H](NC(=O)[C@H](CS)NC(=O)CNC(=O)[C@@H](N)CS)C(=O)O. The molecule has 8 N–H and O–H groups in total. The molecule has 148 valence electrons. The zero-order chi connectivity index (χ0) is 20.3. The molecule has 0 rings (SSSR count). The quantitative estimate of drug-likeness (QED) is 0.154. The first-order chi connectivity index (χ1) is 12.1. The lowest BCUT2D eigenvalue weighted by Crippen LogP contribution is -2.54. The molecule has 3 atom stereocenters. The van der Waals surface area contributed by atoms with E-state index in [1.165, 1.54) is 0 Å². The van der Waals surface area contributed by atoms with Crippen molar-refractivity contribution >= 4 is 54.9 Å². The van der Waals surface area contributed by atoms with Crippen LogP contribution in [0.4, 0.5) is 0 Å². The topological polar surface area (TPSA) is 194 Å². The normalized spacial score (nSPS) is 13.8. The highest BCUT2D eigenvalue weighted by Gasteiger charge is 2.26. The summed E-state index contributed by atoms with van der Waals surface area (Å²) >= 11 is 7.78. The number of hydrogen-bond donors (Lipinski definition) is 8. The standard InChI is InChI=1S/C13H23N5O6S2/c14-6(4-25)11(21)16-3-10(20)17-8(5-26)12(22)18-7(13(23)24)1-2-9(15)19/h6-8,25-26H,1-5,14H2,(H2,15,19)(H,16,21)(H,17,20)(H,18,22)(H,23,24)/t6-,7-,8-/m0/s1. The molecule has 0 spiro atoms. The number of amides is 4. The predicted molar refractivity (Wildman–Crippen MR) is 98.6 cm³/mol. The van der Waals surface area contributed by atoms with Gasteiger partial charge in [0.15, 0.2) is 0 Å². The lowest BCUT2D eigenvalue weighted by atomic mass is 10.1. The van der Waals surface area contributed by atoms with E-state index in [1.54, 1.807) is 0 Å². The summed E-state index contributed by atoms with van der Waals surface area (Å²) in [5.74, 6) is -4.16. The van der Waals surface area contributed by atoms with Crippen LogP contribution in [0.15, 0.2) is 0 Å². The Bertz CT molecular complexity index is 547. The Morgan fingerprint density at radius 1 is 0.962 bits per heavy atom. The fourth-order valence-corrected chi connectivity index (χ4v) is 2.06. The second-order valence-electron chi connectivity index (χ2n) is 5.21. The molecule has 0 saturated heterocycles. The number of carboxylic acid groups (broad SMARTS) is 1. The van der Waals surface area contributed by atoms with Crippen molar-refractivity contribution in [2.24, 2.45) is 11.5 Å². The average Bonchev–Trinajstić information content (AvgIpc) is 2.59. The number of nitrogens with one attached hydrogen (secondary N) is 3. The molecule has 0 fully saturated rings. The Morgan fingerprint density at radius 3 is 2.04 bits per heavy atom. The monoisotopic (exact) mass is 409 g/mol. The summed E-state index contributed by atoms with van der Waals surface area (Å²) in [5.41, 5.74) is 10.4. The number of primary amides is 1. The van der Waals surface area contributed by atoms with Gasteiger partial charge >= 0.3 is 5.97 Å². The van der Waals surface area contributed by atoms with Gasteiger partial charge in [-0.2, -0.15) is 25.3 Å². The number of hydrogen-bond acceptors (Lipinski definition) is 8. The fraction of sp³-hybridized carbons (Fsp3) is 0.615. The third-order valence-corrected chi connectivity index (χ3v) is 3.84. The molecule has 0 aromatic heterocycles. The van der Waals surface area contributed by atoms with Gasteiger partial charge in [-0.15, -0.1) is 0 Å². The molecule has 0 heterocycles. The van der Waals surface area contributed by atoms with Gasteiger partial charge in [0.05, 0.1) is 12.6 Å². The zero-order valence-corrected chi connectivity index (χ0v) is 15.6. The van der Waals surface area contributed by atoms with Crippen molar-refractivity contribution in [1.29, 1.82) is 0 Å². The van der Waals surface area contributed by atoms with E-state index in [2.05, 4.69) is 41.2 Å². The van der Waals surface area contributed by atoms with Crippen LogP contribution in [-0.2, 0) is 24.0 Å². The molecule has 0 unspecified atom stereocenters. The molecule has 0 bridgehead atoms. The van der Waals surface area contributed by atoms with Gasteiger partial charge in [0.1, 0.15) is 12.1 Å². The Kier molecular flexibility index (Phi) is 11.4. The van der Waals surface area contributed by atoms with E-state index < -0.39 is 54.3 Å². The molecule has 4 amide bonds. The summed E-state index contributed by atoms with van der Waals surface area (Å²) < 4.78 is 0. The molecule has 0 aliphatic heterocycles. The van der Waals surface area contributed by atoms with Crippen LogP contribution in [0, 0.1) is 0 Å². The van der Waals surface area contributed by atoms with Gasteiger partial charge in [0, 0.05) is 17.9 Å². The van der Waals surface area contributed by atoms with Crippen molar-refractivity contribution in [1.82, 2.24) is 16.0 Å². The fourth-order valence-electron chi connectivity index (χ4n) is 1.64. The molecule has 0 saturated carbocycles. The van der Waals surface area contributed by atoms with Gasteiger partial charge in [-0.3, -0.25) is 19.2 Å². The Hall–Kier alpha value is -1.99. The molecule has 0 aromatic rings. The van der Waals surface area contributed by atoms with Crippen LogP contribution in [0.2, 0.25) is 0 Å². The number of nitrogens with two attached hydrogens (primary N) is 2. The van der Waals surface area contributed by atoms with Crippen molar-refractivity contribution < 1.29 is 29.1 Å². The molecule has 0 radical (unpaired) electrons. The maximum absolute atomic E-state index is 12.1. The predicted octanol–water partition coefficient (Wildman–Crippen LogP) is -3.39. The second kappa shape index (κ2) is 12.4. The first kappa shape index (κ1) is 24.0. The number of aliphatic carboxylic acids is 1. The molecule has 11 nitrogen and oxygen atoms in total. The van der Waals surface area contributed by atoms with Crippen LogP contribution >= 0.6 is 25.3 Å². The molecule has 0 aliphatic rings. The minimum absolute atomic E-state index is 0.0942. The van der Waals surface area contributed by atoms with Crippen molar-refractivity contribution in [2.45, 2.75) is 31.0 Å². The third kappa shape index (κ3) is 9.48. The number of carbonyl (C=O) groups excluding carboxylic acids is 4. The summed E-state index contributed by atoms with van der Waals surface area (Å²) in [7, 11) is 0. The largest absolute Gasteiger partial charge is 0.480 e. The molecule has 0 aromatic carbocycles. The number of carbonyl (C=O) groups is 5. The van der Waals surface area contributed by atoms with Crippen LogP contribution in [0.25, 0.3) is 0 Å². The van der Waals surface area contributed by atoms with Crippen LogP contribution in [-0.4, -0.2) is 70.9 Å². The summed E-state index contributed by atoms with van der Waals surface area (Å²) in [6, 6.07) is -3.37. The molecular formula is C13H23N5O6S2. The number of thiol groups is 2. The second-order valence-corrected chi connectivity index (χ2v) is 5.94. The van der Waals surface area contributed by atoms with Gasteiger partial charge in [-0.25, -0.2) is 4.79 Å². The van der Waals surface area contributed by atoms with E-state index in [4.69, 9.17) is 16.6 Å². The smallest absolute Gasteiger partial charge is 0.326 e. The van der Waals surface area contributed by atoms with E-state index in [0.29, 0.717) is 0 Å². The van der Waals surface area contributed by atoms with Crippen molar-refractivity contribution in [3.63, 3.8) is 0 Å². The van der Waals surface area contributed by atoms with Gasteiger partial charge in [-0.05, 0) is 6.42 Å². The lowest BCUT2D eigenvalue weighted by Gasteiger charge is -2.20. The number of carboxylic acids is 1. The maximum atomic E-state index is 12.1. The van der Waals surface area contributed by atoms with E-state index in [1.807, 2.05) is 0 Å². The molecular weight excluding hydrogens is 386 g/mol. The van der Waals surface area contributed by atoms with Crippen molar-refractivity contribution in [2.75, 3.05) is 18.1 Å². The number of rotatable bonds is 12. The van der Waals surface area contributed by atoms with Gasteiger partial charge in [-0.1, -0.05) is 0 Å². The van der Waals surface area contributed by atoms with Crippen molar-refractivity contribution in [3.05, 3.63) is 0 Å². The van der Waals surface area contributed by atoms with Crippen molar-refractivity contribution in [3.8, 4) is 0 Å². The zero-order valence-electron chi connectivity index (χ0n) is 13.8. The first-order valence-electron chi connectivity index (χ1n) is 7.48. The molecule has 13 heteroatoms. The van der Waals surface area contributed by atoms with E-state index in [0.717, 1.165) is 0 Å². The maximum Gasteiger partial charge on any atom is 0.326 e. The van der Waals surface area contributed by atoms with E-state index in [9.17, 15) is 24.0 Å². The minimum atomic E-state index is -1.35. The minimum Gasteiger partial charge on any atom is -0.480 e. The third-order valence-electron chi connectivity index (χ3n) is 3.08. The van der Waals surface area contributed by atoms with Crippen LogP contribution in [0.5, 0.6) is 0 Å². The average molecular weight is 409 g/mol. The Morgan fingerprint density at radius 2 is 1.58 bits per heavy atom. The Balaban J connectivity index is 4.62. The Labute approximate surface area is 160 Å². The van der Waals surface area contributed by atoms with Gasteiger partial charge < -0.3 is 32.5 Å². The summed E-state index contributed by atoms with van der Waals surface area (Å²) in [4.78, 5) is 57.2. The van der Waals surface area contributed by atoms with Gasteiger partial charge in [0.25, 0.3) is 0 Å². The summed E-state index contributed by atoms with van der Waals surface area (Å²) in [5, 5.41) is 15.8. The van der Waals surface area contributed by atoms with Gasteiger partial charge in [0.2, 0.25) is 23.6 Å². The highest BCUT2D eigenvalue weighted by molar-refractivity contribution is 7.80. The van der Waals surface area contributed by atoms with Crippen LogP contribution in [0.1, 0.15) is 12.8 Å². The molecule has 26 heavy (non-hydrogen) atoms. The lowest BCUT2D eigenvalue weighted by molar-refractivity contribution is -0.142. The summed E-state index contributed by atoms with van der Waals surface area (Å²) in [6.07, 6.45) is -0.423.